The first-order chi connectivity index (χ1) is 9.46. The van der Waals surface area contributed by atoms with Crippen molar-refractivity contribution in [3.8, 4) is 5.75 Å². The number of rotatable bonds is 7. The summed E-state index contributed by atoms with van der Waals surface area (Å²) < 4.78 is 5.41. The predicted molar refractivity (Wildman–Crippen MR) is 81.5 cm³/mol. The van der Waals surface area contributed by atoms with E-state index in [0.717, 1.165) is 17.7 Å². The molecule has 0 aliphatic heterocycles. The number of carbonyl (C=O) groups excluding carboxylic acids is 1. The summed E-state index contributed by atoms with van der Waals surface area (Å²) in [7, 11) is 1.82. The number of carbonyl (C=O) groups is 1. The second kappa shape index (κ2) is 7.29. The monoisotopic (exact) mass is 278 g/mol. The highest BCUT2D eigenvalue weighted by molar-refractivity contribution is 5.82. The molecule has 1 rings (SSSR count). The smallest absolute Gasteiger partial charge is 0.229 e. The average molecular weight is 278 g/mol. The van der Waals surface area contributed by atoms with Gasteiger partial charge in [-0.1, -0.05) is 19.1 Å². The lowest BCUT2D eigenvalue weighted by Gasteiger charge is -2.30. The van der Waals surface area contributed by atoms with Gasteiger partial charge in [0.25, 0.3) is 0 Å². The SMILES string of the molecule is CCOc1ccc(CN(C)C(=O)C(C)(CC)CN)cc1. The average Bonchev–Trinajstić information content (AvgIpc) is 2.48. The third kappa shape index (κ3) is 3.97. The fraction of sp³-hybridized carbons (Fsp3) is 0.562. The molecule has 1 aromatic carbocycles. The summed E-state index contributed by atoms with van der Waals surface area (Å²) in [4.78, 5) is 14.2. The van der Waals surface area contributed by atoms with Crippen LogP contribution in [0.25, 0.3) is 0 Å². The van der Waals surface area contributed by atoms with Crippen molar-refractivity contribution in [2.75, 3.05) is 20.2 Å². The number of amides is 1. The van der Waals surface area contributed by atoms with E-state index >= 15 is 0 Å². The summed E-state index contributed by atoms with van der Waals surface area (Å²) in [6.45, 7) is 7.48. The molecule has 1 unspecified atom stereocenters. The highest BCUT2D eigenvalue weighted by Gasteiger charge is 2.32. The summed E-state index contributed by atoms with van der Waals surface area (Å²) in [5.74, 6) is 0.946. The Morgan fingerprint density at radius 2 is 1.90 bits per heavy atom. The Morgan fingerprint density at radius 1 is 1.30 bits per heavy atom. The lowest BCUT2D eigenvalue weighted by Crippen LogP contribution is -2.44. The summed E-state index contributed by atoms with van der Waals surface area (Å²) in [5.41, 5.74) is 6.35. The zero-order valence-electron chi connectivity index (χ0n) is 13.0. The van der Waals surface area contributed by atoms with E-state index in [0.29, 0.717) is 19.7 Å². The molecule has 0 aliphatic rings. The molecule has 0 saturated carbocycles. The molecule has 0 fully saturated rings. The van der Waals surface area contributed by atoms with Crippen molar-refractivity contribution in [1.29, 1.82) is 0 Å². The summed E-state index contributed by atoms with van der Waals surface area (Å²) >= 11 is 0. The number of benzene rings is 1. The zero-order chi connectivity index (χ0) is 15.2. The maximum Gasteiger partial charge on any atom is 0.229 e. The summed E-state index contributed by atoms with van der Waals surface area (Å²) in [6, 6.07) is 7.83. The Hall–Kier alpha value is -1.55. The van der Waals surface area contributed by atoms with Gasteiger partial charge in [0.1, 0.15) is 5.75 Å². The standard InChI is InChI=1S/C16H26N2O2/c1-5-16(3,12-17)15(19)18(4)11-13-7-9-14(10-8-13)20-6-2/h7-10H,5-6,11-12,17H2,1-4H3. The van der Waals surface area contributed by atoms with Crippen LogP contribution in [0.4, 0.5) is 0 Å². The van der Waals surface area contributed by atoms with Crippen molar-refractivity contribution in [3.05, 3.63) is 29.8 Å². The molecule has 4 heteroatoms. The van der Waals surface area contributed by atoms with Gasteiger partial charge in [-0.3, -0.25) is 4.79 Å². The lowest BCUT2D eigenvalue weighted by atomic mass is 9.86. The van der Waals surface area contributed by atoms with Crippen LogP contribution >= 0.6 is 0 Å². The Bertz CT molecular complexity index is 425. The minimum Gasteiger partial charge on any atom is -0.494 e. The van der Waals surface area contributed by atoms with Crippen molar-refractivity contribution >= 4 is 5.91 Å². The van der Waals surface area contributed by atoms with Crippen LogP contribution in [0.1, 0.15) is 32.8 Å². The van der Waals surface area contributed by atoms with Crippen LogP contribution in [0.2, 0.25) is 0 Å². The molecule has 4 nitrogen and oxygen atoms in total. The van der Waals surface area contributed by atoms with Gasteiger partial charge in [0.15, 0.2) is 0 Å². The van der Waals surface area contributed by atoms with Crippen LogP contribution in [-0.4, -0.2) is 31.0 Å². The molecule has 0 bridgehead atoms. The fourth-order valence-corrected chi connectivity index (χ4v) is 2.05. The van der Waals surface area contributed by atoms with E-state index in [4.69, 9.17) is 10.5 Å². The molecule has 1 atom stereocenters. The molecule has 20 heavy (non-hydrogen) atoms. The van der Waals surface area contributed by atoms with Gasteiger partial charge in [-0.15, -0.1) is 0 Å². The third-order valence-electron chi connectivity index (χ3n) is 3.75. The number of hydrogen-bond acceptors (Lipinski definition) is 3. The number of nitrogens with zero attached hydrogens (tertiary/aromatic N) is 1. The molecule has 0 aromatic heterocycles. The minimum atomic E-state index is -0.472. The third-order valence-corrected chi connectivity index (χ3v) is 3.75. The van der Waals surface area contributed by atoms with Crippen molar-refractivity contribution in [1.82, 2.24) is 4.90 Å². The molecule has 0 radical (unpaired) electrons. The molecule has 1 amide bonds. The van der Waals surface area contributed by atoms with Gasteiger partial charge in [-0.05, 0) is 38.0 Å². The van der Waals surface area contributed by atoms with Crippen molar-refractivity contribution in [2.45, 2.75) is 33.7 Å². The van der Waals surface area contributed by atoms with Gasteiger partial charge >= 0.3 is 0 Å². The molecule has 0 heterocycles. The first-order valence-corrected chi connectivity index (χ1v) is 7.14. The van der Waals surface area contributed by atoms with E-state index in [2.05, 4.69) is 0 Å². The van der Waals surface area contributed by atoms with E-state index in [9.17, 15) is 4.79 Å². The molecular formula is C16H26N2O2. The van der Waals surface area contributed by atoms with Gasteiger partial charge in [0.2, 0.25) is 5.91 Å². The first kappa shape index (κ1) is 16.5. The molecule has 0 spiro atoms. The van der Waals surface area contributed by atoms with E-state index in [1.165, 1.54) is 0 Å². The highest BCUT2D eigenvalue weighted by atomic mass is 16.5. The second-order valence-corrected chi connectivity index (χ2v) is 5.36. The van der Waals surface area contributed by atoms with Gasteiger partial charge < -0.3 is 15.4 Å². The summed E-state index contributed by atoms with van der Waals surface area (Å²) in [5, 5.41) is 0. The van der Waals surface area contributed by atoms with Crippen molar-refractivity contribution < 1.29 is 9.53 Å². The Morgan fingerprint density at radius 3 is 2.35 bits per heavy atom. The molecule has 2 N–H and O–H groups in total. The number of nitrogens with two attached hydrogens (primary N) is 1. The van der Waals surface area contributed by atoms with E-state index in [1.807, 2.05) is 52.1 Å². The van der Waals surface area contributed by atoms with Crippen LogP contribution in [0.3, 0.4) is 0 Å². The maximum atomic E-state index is 12.4. The van der Waals surface area contributed by atoms with Gasteiger partial charge in [-0.25, -0.2) is 0 Å². The largest absolute Gasteiger partial charge is 0.494 e. The molecule has 112 valence electrons. The van der Waals surface area contributed by atoms with E-state index < -0.39 is 5.41 Å². The minimum absolute atomic E-state index is 0.0939. The van der Waals surface area contributed by atoms with Gasteiger partial charge in [0, 0.05) is 20.1 Å². The Labute approximate surface area is 121 Å². The van der Waals surface area contributed by atoms with Crippen LogP contribution in [0.5, 0.6) is 5.75 Å². The fourth-order valence-electron chi connectivity index (χ4n) is 2.05. The maximum absolute atomic E-state index is 12.4. The molecule has 0 saturated heterocycles. The van der Waals surface area contributed by atoms with Crippen LogP contribution in [0, 0.1) is 5.41 Å². The molecular weight excluding hydrogens is 252 g/mol. The zero-order valence-corrected chi connectivity index (χ0v) is 13.0. The second-order valence-electron chi connectivity index (χ2n) is 5.36. The number of hydrogen-bond donors (Lipinski definition) is 1. The van der Waals surface area contributed by atoms with Crippen LogP contribution in [-0.2, 0) is 11.3 Å². The Balaban J connectivity index is 2.70. The molecule has 0 aliphatic carbocycles. The lowest BCUT2D eigenvalue weighted by molar-refractivity contribution is -0.140. The normalized spacial score (nSPS) is 13.7. The molecule has 1 aromatic rings. The number of ether oxygens (including phenoxy) is 1. The van der Waals surface area contributed by atoms with Crippen LogP contribution < -0.4 is 10.5 Å². The van der Waals surface area contributed by atoms with Gasteiger partial charge in [0.05, 0.1) is 12.0 Å². The van der Waals surface area contributed by atoms with E-state index in [1.54, 1.807) is 4.90 Å². The van der Waals surface area contributed by atoms with Crippen molar-refractivity contribution in [2.24, 2.45) is 11.1 Å². The summed E-state index contributed by atoms with van der Waals surface area (Å²) in [6.07, 6.45) is 0.746. The van der Waals surface area contributed by atoms with Gasteiger partial charge in [-0.2, -0.15) is 0 Å². The first-order valence-electron chi connectivity index (χ1n) is 7.14. The topological polar surface area (TPSA) is 55.6 Å². The highest BCUT2D eigenvalue weighted by Crippen LogP contribution is 2.23. The van der Waals surface area contributed by atoms with Crippen LogP contribution in [0.15, 0.2) is 24.3 Å². The van der Waals surface area contributed by atoms with Crippen molar-refractivity contribution in [3.63, 3.8) is 0 Å². The Kier molecular flexibility index (Phi) is 6.02. The predicted octanol–water partition coefficient (Wildman–Crippen LogP) is 2.42. The quantitative estimate of drug-likeness (QED) is 0.833. The van der Waals surface area contributed by atoms with E-state index in [-0.39, 0.29) is 5.91 Å².